The van der Waals surface area contributed by atoms with Gasteiger partial charge in [-0.1, -0.05) is 43.5 Å². The summed E-state index contributed by atoms with van der Waals surface area (Å²) < 4.78 is 0. The number of nitrogens with one attached hydrogen (secondary N) is 1. The Morgan fingerprint density at radius 1 is 1.24 bits per heavy atom. The van der Waals surface area contributed by atoms with Gasteiger partial charge in [-0.05, 0) is 42.3 Å². The van der Waals surface area contributed by atoms with Crippen molar-refractivity contribution in [1.29, 1.82) is 0 Å². The third-order valence-corrected chi connectivity index (χ3v) is 4.12. The van der Waals surface area contributed by atoms with Crippen molar-refractivity contribution >= 4 is 23.4 Å². The molecule has 6 heteroatoms. The second kappa shape index (κ2) is 8.53. The quantitative estimate of drug-likeness (QED) is 0.705. The molecule has 2 rings (SSSR count). The topological polar surface area (TPSA) is 92.4 Å². The van der Waals surface area contributed by atoms with Crippen molar-refractivity contribution < 1.29 is 14.7 Å². The summed E-state index contributed by atoms with van der Waals surface area (Å²) >= 11 is 5.98. The molecule has 0 aromatic heterocycles. The van der Waals surface area contributed by atoms with E-state index in [0.717, 1.165) is 12.8 Å². The Bertz CT molecular complexity index is 777. The highest BCUT2D eigenvalue weighted by Crippen LogP contribution is 2.32. The van der Waals surface area contributed by atoms with E-state index in [1.54, 1.807) is 36.4 Å². The first kappa shape index (κ1) is 18.8. The zero-order valence-corrected chi connectivity index (χ0v) is 14.7. The van der Waals surface area contributed by atoms with Crippen LogP contribution in [-0.4, -0.2) is 23.0 Å². The van der Waals surface area contributed by atoms with Gasteiger partial charge >= 0.3 is 0 Å². The smallest absolute Gasteiger partial charge is 0.251 e. The maximum atomic E-state index is 12.5. The summed E-state index contributed by atoms with van der Waals surface area (Å²) in [4.78, 5) is 24.0. The summed E-state index contributed by atoms with van der Waals surface area (Å²) in [5, 5.41) is 13.2. The van der Waals surface area contributed by atoms with Crippen LogP contribution in [0.15, 0.2) is 42.5 Å². The van der Waals surface area contributed by atoms with E-state index in [1.807, 2.05) is 6.92 Å². The number of aromatic hydroxyl groups is 1. The lowest BCUT2D eigenvalue weighted by Crippen LogP contribution is -2.44. The van der Waals surface area contributed by atoms with E-state index in [1.165, 1.54) is 6.07 Å². The predicted octanol–water partition coefficient (Wildman–Crippen LogP) is 3.49. The molecule has 0 saturated carbocycles. The van der Waals surface area contributed by atoms with Gasteiger partial charge in [-0.25, -0.2) is 0 Å². The molecule has 0 aliphatic rings. The van der Waals surface area contributed by atoms with E-state index in [2.05, 4.69) is 5.32 Å². The fourth-order valence-corrected chi connectivity index (χ4v) is 2.67. The molecule has 5 nitrogen and oxygen atoms in total. The van der Waals surface area contributed by atoms with E-state index < -0.39 is 11.9 Å². The van der Waals surface area contributed by atoms with Crippen LogP contribution in [0.2, 0.25) is 5.02 Å². The minimum Gasteiger partial charge on any atom is -0.507 e. The first-order chi connectivity index (χ1) is 11.9. The Kier molecular flexibility index (Phi) is 6.42. The number of hydrogen-bond donors (Lipinski definition) is 3. The maximum Gasteiger partial charge on any atom is 0.251 e. The van der Waals surface area contributed by atoms with Crippen LogP contribution in [0.25, 0.3) is 11.1 Å². The number of phenols is 1. The summed E-state index contributed by atoms with van der Waals surface area (Å²) in [6, 6.07) is 10.8. The highest BCUT2D eigenvalue weighted by molar-refractivity contribution is 6.31. The SMILES string of the molecule is CCCCC(NC(=O)c1cccc(-c2cc(Cl)ccc2O)c1)C(N)=O. The molecular formula is C19H21ClN2O3. The van der Waals surface area contributed by atoms with Crippen molar-refractivity contribution in [1.82, 2.24) is 5.32 Å². The number of nitrogens with two attached hydrogens (primary N) is 1. The Morgan fingerprint density at radius 3 is 2.68 bits per heavy atom. The van der Waals surface area contributed by atoms with Crippen LogP contribution in [0, 0.1) is 0 Å². The Hall–Kier alpha value is -2.53. The van der Waals surface area contributed by atoms with Crippen LogP contribution in [-0.2, 0) is 4.79 Å². The molecule has 0 heterocycles. The van der Waals surface area contributed by atoms with Gasteiger partial charge in [-0.2, -0.15) is 0 Å². The van der Waals surface area contributed by atoms with Crippen LogP contribution in [0.3, 0.4) is 0 Å². The van der Waals surface area contributed by atoms with Gasteiger partial charge in [-0.15, -0.1) is 0 Å². The largest absolute Gasteiger partial charge is 0.507 e. The molecule has 0 radical (unpaired) electrons. The van der Waals surface area contributed by atoms with Gasteiger partial charge in [0.25, 0.3) is 5.91 Å². The number of amides is 2. The molecule has 132 valence electrons. The maximum absolute atomic E-state index is 12.5. The van der Waals surface area contributed by atoms with Crippen LogP contribution in [0.5, 0.6) is 5.75 Å². The van der Waals surface area contributed by atoms with Gasteiger partial charge in [0.15, 0.2) is 0 Å². The van der Waals surface area contributed by atoms with Crippen molar-refractivity contribution in [2.45, 2.75) is 32.2 Å². The molecule has 4 N–H and O–H groups in total. The van der Waals surface area contributed by atoms with Gasteiger partial charge in [0.2, 0.25) is 5.91 Å². The number of hydrogen-bond acceptors (Lipinski definition) is 3. The number of phenolic OH excluding ortho intramolecular Hbond substituents is 1. The number of halogens is 1. The fourth-order valence-electron chi connectivity index (χ4n) is 2.50. The number of unbranched alkanes of at least 4 members (excludes halogenated alkanes) is 1. The fraction of sp³-hybridized carbons (Fsp3) is 0.263. The highest BCUT2D eigenvalue weighted by Gasteiger charge is 2.18. The lowest BCUT2D eigenvalue weighted by atomic mass is 10.0. The number of benzene rings is 2. The van der Waals surface area contributed by atoms with E-state index in [9.17, 15) is 14.7 Å². The molecule has 2 aromatic rings. The summed E-state index contributed by atoms with van der Waals surface area (Å²) in [6.45, 7) is 2.00. The molecule has 2 amide bonds. The highest BCUT2D eigenvalue weighted by atomic mass is 35.5. The molecule has 0 saturated heterocycles. The van der Waals surface area contributed by atoms with Crippen molar-refractivity contribution in [3.63, 3.8) is 0 Å². The predicted molar refractivity (Wildman–Crippen MR) is 98.5 cm³/mol. The summed E-state index contributed by atoms with van der Waals surface area (Å²) in [5.41, 5.74) is 6.91. The van der Waals surface area contributed by atoms with Crippen LogP contribution in [0.4, 0.5) is 0 Å². The lowest BCUT2D eigenvalue weighted by Gasteiger charge is -2.15. The van der Waals surface area contributed by atoms with Crippen molar-refractivity contribution in [2.75, 3.05) is 0 Å². The molecule has 0 bridgehead atoms. The summed E-state index contributed by atoms with van der Waals surface area (Å²) in [6.07, 6.45) is 2.21. The van der Waals surface area contributed by atoms with Crippen molar-refractivity contribution in [3.8, 4) is 16.9 Å². The number of carbonyl (C=O) groups excluding carboxylic acids is 2. The normalized spacial score (nSPS) is 11.8. The second-order valence-electron chi connectivity index (χ2n) is 5.81. The van der Waals surface area contributed by atoms with Crippen molar-refractivity contribution in [2.24, 2.45) is 5.73 Å². The third-order valence-electron chi connectivity index (χ3n) is 3.89. The first-order valence-corrected chi connectivity index (χ1v) is 8.49. The molecule has 1 atom stereocenters. The van der Waals surface area contributed by atoms with E-state index in [0.29, 0.717) is 28.1 Å². The number of primary amides is 1. The van der Waals surface area contributed by atoms with Gasteiger partial charge in [-0.3, -0.25) is 9.59 Å². The zero-order chi connectivity index (χ0) is 18.4. The molecule has 0 aliphatic carbocycles. The monoisotopic (exact) mass is 360 g/mol. The second-order valence-corrected chi connectivity index (χ2v) is 6.25. The average molecular weight is 361 g/mol. The zero-order valence-electron chi connectivity index (χ0n) is 14.0. The standard InChI is InChI=1S/C19H21ClN2O3/c1-2-3-7-16(18(21)24)22-19(25)13-6-4-5-12(10-13)15-11-14(20)8-9-17(15)23/h4-6,8-11,16,23H,2-3,7H2,1H3,(H2,21,24)(H,22,25). The molecular weight excluding hydrogens is 340 g/mol. The van der Waals surface area contributed by atoms with E-state index in [4.69, 9.17) is 17.3 Å². The number of carbonyl (C=O) groups is 2. The molecule has 25 heavy (non-hydrogen) atoms. The Balaban J connectivity index is 2.24. The molecule has 1 unspecified atom stereocenters. The van der Waals surface area contributed by atoms with E-state index >= 15 is 0 Å². The third kappa shape index (κ3) is 4.97. The first-order valence-electron chi connectivity index (χ1n) is 8.11. The Morgan fingerprint density at radius 2 is 2.00 bits per heavy atom. The number of rotatable bonds is 7. The summed E-state index contributed by atoms with van der Waals surface area (Å²) in [5.74, 6) is -0.867. The van der Waals surface area contributed by atoms with Gasteiger partial charge in [0.05, 0.1) is 0 Å². The van der Waals surface area contributed by atoms with Gasteiger partial charge in [0, 0.05) is 16.1 Å². The Labute approximate surface area is 151 Å². The van der Waals surface area contributed by atoms with Crippen LogP contribution < -0.4 is 11.1 Å². The molecule has 0 fully saturated rings. The molecule has 0 spiro atoms. The van der Waals surface area contributed by atoms with Crippen LogP contribution in [0.1, 0.15) is 36.5 Å². The lowest BCUT2D eigenvalue weighted by molar-refractivity contribution is -0.120. The molecule has 2 aromatic carbocycles. The van der Waals surface area contributed by atoms with Crippen molar-refractivity contribution in [3.05, 3.63) is 53.1 Å². The molecule has 0 aliphatic heterocycles. The van der Waals surface area contributed by atoms with E-state index in [-0.39, 0.29) is 11.7 Å². The average Bonchev–Trinajstić information content (AvgIpc) is 2.60. The summed E-state index contributed by atoms with van der Waals surface area (Å²) in [7, 11) is 0. The van der Waals surface area contributed by atoms with Gasteiger partial charge in [0.1, 0.15) is 11.8 Å². The van der Waals surface area contributed by atoms with Gasteiger partial charge < -0.3 is 16.2 Å². The van der Waals surface area contributed by atoms with Crippen LogP contribution >= 0.6 is 11.6 Å². The minimum absolute atomic E-state index is 0.0694. The minimum atomic E-state index is -0.698.